The molecular formula is C64H74O19. The normalized spacial score (nSPS) is 27.8. The number of hydrogen-bond donors (Lipinski definition) is 0. The van der Waals surface area contributed by atoms with E-state index in [1.807, 2.05) is 159 Å². The molecule has 0 aliphatic carbocycles. The Hall–Kier alpha value is -6.72. The van der Waals surface area contributed by atoms with E-state index in [1.165, 1.54) is 6.92 Å². The predicted octanol–water partition coefficient (Wildman–Crippen LogP) is 8.07. The topological polar surface area (TPSA) is 207 Å². The first kappa shape index (κ1) is 62.3. The van der Waals surface area contributed by atoms with E-state index in [9.17, 15) is 19.2 Å². The minimum atomic E-state index is -1.73. The van der Waals surface area contributed by atoms with Gasteiger partial charge in [0, 0.05) is 27.7 Å². The van der Waals surface area contributed by atoms with Gasteiger partial charge in [0.25, 0.3) is 0 Å². The summed E-state index contributed by atoms with van der Waals surface area (Å²) in [6.45, 7) is 10.3. The van der Waals surface area contributed by atoms with Crippen molar-refractivity contribution in [3.05, 3.63) is 192 Å². The van der Waals surface area contributed by atoms with Gasteiger partial charge in [0.05, 0.1) is 52.4 Å². The molecule has 0 bridgehead atoms. The molecule has 5 aromatic carbocycles. The summed E-state index contributed by atoms with van der Waals surface area (Å²) < 4.78 is 98.8. The fraction of sp³-hybridized carbons (Fsp3) is 0.438. The van der Waals surface area contributed by atoms with Crippen LogP contribution in [0.3, 0.4) is 0 Å². The van der Waals surface area contributed by atoms with Crippen molar-refractivity contribution < 1.29 is 90.2 Å². The average Bonchev–Trinajstić information content (AvgIpc) is 3.66. The Morgan fingerprint density at radius 1 is 0.398 bits per heavy atom. The highest BCUT2D eigenvalue weighted by Crippen LogP contribution is 2.39. The van der Waals surface area contributed by atoms with Gasteiger partial charge in [-0.05, 0) is 34.7 Å². The summed E-state index contributed by atoms with van der Waals surface area (Å²) in [6, 6.07) is 48.0. The average molecular weight is 1150 g/mol. The van der Waals surface area contributed by atoms with Crippen molar-refractivity contribution >= 4 is 23.9 Å². The number of esters is 4. The number of carbonyl (C=O) groups excluding carboxylic acids is 4. The SMILES string of the molecule is C=CCO[C@@H]1O[C@H](COCc2ccccc2)[C@@H](O[C@@H]2O[C@@H](C)[C@@H](OCc3ccccc3)[C@@H](OCc3ccccc3)[C@@H]2OCc2ccccc2)[C@H](OC2OC(COC(C)=O)C(OC(C)=O)C(OC(C)=O)C2OC(C)=O)[C@H]1OCc1ccccc1. The maximum absolute atomic E-state index is 13.3. The number of hydrogen-bond acceptors (Lipinski definition) is 19. The van der Waals surface area contributed by atoms with Gasteiger partial charge >= 0.3 is 23.9 Å². The van der Waals surface area contributed by atoms with Gasteiger partial charge in [0.15, 0.2) is 37.2 Å². The molecule has 0 spiro atoms. The Morgan fingerprint density at radius 3 is 1.25 bits per heavy atom. The van der Waals surface area contributed by atoms with Crippen LogP contribution in [0.5, 0.6) is 0 Å². The van der Waals surface area contributed by atoms with Gasteiger partial charge in [-0.15, -0.1) is 6.58 Å². The molecule has 8 rings (SSSR count). The zero-order chi connectivity index (χ0) is 58.5. The summed E-state index contributed by atoms with van der Waals surface area (Å²) in [5, 5.41) is 0. The second-order valence-corrected chi connectivity index (χ2v) is 20.2. The van der Waals surface area contributed by atoms with Crippen molar-refractivity contribution in [3.63, 3.8) is 0 Å². The molecule has 19 heteroatoms. The minimum Gasteiger partial charge on any atom is -0.463 e. The number of benzene rings is 5. The Kier molecular flexibility index (Phi) is 23.9. The third-order valence-electron chi connectivity index (χ3n) is 13.8. The van der Waals surface area contributed by atoms with Crippen molar-refractivity contribution in [1.82, 2.24) is 0 Å². The van der Waals surface area contributed by atoms with Gasteiger partial charge in [-0.2, -0.15) is 0 Å². The van der Waals surface area contributed by atoms with Crippen LogP contribution in [-0.4, -0.2) is 136 Å². The van der Waals surface area contributed by atoms with Crippen LogP contribution >= 0.6 is 0 Å². The molecule has 0 saturated carbocycles. The van der Waals surface area contributed by atoms with E-state index in [2.05, 4.69) is 6.58 Å². The van der Waals surface area contributed by atoms with E-state index in [1.54, 1.807) is 6.08 Å². The third-order valence-corrected chi connectivity index (χ3v) is 13.8. The van der Waals surface area contributed by atoms with Gasteiger partial charge in [-0.1, -0.05) is 158 Å². The molecule has 5 aromatic rings. The second-order valence-electron chi connectivity index (χ2n) is 20.2. The first-order chi connectivity index (χ1) is 40.3. The maximum Gasteiger partial charge on any atom is 0.303 e. The van der Waals surface area contributed by atoms with Gasteiger partial charge in [0.1, 0.15) is 55.4 Å². The van der Waals surface area contributed by atoms with Crippen molar-refractivity contribution in [2.24, 2.45) is 0 Å². The number of rotatable bonds is 28. The van der Waals surface area contributed by atoms with Crippen LogP contribution in [0.4, 0.5) is 0 Å². The molecule has 0 amide bonds. The predicted molar refractivity (Wildman–Crippen MR) is 297 cm³/mol. The molecule has 19 nitrogen and oxygen atoms in total. The zero-order valence-corrected chi connectivity index (χ0v) is 47.3. The van der Waals surface area contributed by atoms with E-state index in [0.717, 1.165) is 48.6 Å². The lowest BCUT2D eigenvalue weighted by Crippen LogP contribution is -2.68. The smallest absolute Gasteiger partial charge is 0.303 e. The van der Waals surface area contributed by atoms with Gasteiger partial charge in [-0.25, -0.2) is 0 Å². The lowest BCUT2D eigenvalue weighted by molar-refractivity contribution is -0.394. The Bertz CT molecular complexity index is 2760. The molecule has 3 aliphatic rings. The molecule has 15 atom stereocenters. The van der Waals surface area contributed by atoms with E-state index in [0.29, 0.717) is 0 Å². The van der Waals surface area contributed by atoms with E-state index >= 15 is 0 Å². The van der Waals surface area contributed by atoms with Gasteiger partial charge < -0.3 is 71.1 Å². The molecule has 5 unspecified atom stereocenters. The molecule has 444 valence electrons. The second kappa shape index (κ2) is 31.8. The van der Waals surface area contributed by atoms with Crippen LogP contribution < -0.4 is 0 Å². The summed E-state index contributed by atoms with van der Waals surface area (Å²) >= 11 is 0. The standard InChI is InChI=1S/C64H74O19/c1-7-33-70-62-60(75-38-50-31-21-12-22-32-50)57(83-64-61(79-45(6)68)58(78-44(5)67)54(77-43(4)66)52(81-64)40-71-42(3)65)55(51(80-62)39-69-34-46-23-13-8-14-24-46)82-63-59(74-37-49-29-19-11-20-30-49)56(73-36-48-27-17-10-18-28-48)53(41(2)76-63)72-35-47-25-15-9-16-26-47/h7-32,41,51-64H,1,33-40H2,2-6H3/t41-,51+,52?,53+,54?,55+,56+,57-,58?,59-,60+,61?,62+,63-,64?/m0/s1. The lowest BCUT2D eigenvalue weighted by atomic mass is 9.95. The van der Waals surface area contributed by atoms with Crippen LogP contribution in [0.2, 0.25) is 0 Å². The largest absolute Gasteiger partial charge is 0.463 e. The Morgan fingerprint density at radius 2 is 0.783 bits per heavy atom. The van der Waals surface area contributed by atoms with Crippen molar-refractivity contribution in [2.45, 2.75) is 160 Å². The molecular weight excluding hydrogens is 1070 g/mol. The first-order valence-electron chi connectivity index (χ1n) is 27.7. The molecule has 83 heavy (non-hydrogen) atoms. The summed E-state index contributed by atoms with van der Waals surface area (Å²) in [5.41, 5.74) is 4.31. The van der Waals surface area contributed by atoms with E-state index in [-0.39, 0.29) is 46.2 Å². The highest BCUT2D eigenvalue weighted by molar-refractivity contribution is 5.68. The molecule has 3 heterocycles. The lowest BCUT2D eigenvalue weighted by Gasteiger charge is -2.51. The maximum atomic E-state index is 13.3. The quantitative estimate of drug-likeness (QED) is 0.0264. The van der Waals surface area contributed by atoms with Crippen LogP contribution in [0, 0.1) is 0 Å². The van der Waals surface area contributed by atoms with Gasteiger partial charge in [-0.3, -0.25) is 19.2 Å². The monoisotopic (exact) mass is 1150 g/mol. The fourth-order valence-electron chi connectivity index (χ4n) is 10.0. The van der Waals surface area contributed by atoms with Crippen molar-refractivity contribution in [3.8, 4) is 0 Å². The van der Waals surface area contributed by atoms with Crippen LogP contribution in [-0.2, 0) is 123 Å². The summed E-state index contributed by atoms with van der Waals surface area (Å²) in [5.74, 6) is -3.17. The molecule has 3 saturated heterocycles. The van der Waals surface area contributed by atoms with Crippen molar-refractivity contribution in [1.29, 1.82) is 0 Å². The third kappa shape index (κ3) is 18.4. The molecule has 0 N–H and O–H groups in total. The minimum absolute atomic E-state index is 0.0151. The van der Waals surface area contributed by atoms with Gasteiger partial charge in [0.2, 0.25) is 0 Å². The van der Waals surface area contributed by atoms with Crippen LogP contribution in [0.15, 0.2) is 164 Å². The highest BCUT2D eigenvalue weighted by Gasteiger charge is 2.58. The first-order valence-corrected chi connectivity index (χ1v) is 27.7. The molecule has 0 radical (unpaired) electrons. The number of ether oxygens (including phenoxy) is 15. The zero-order valence-electron chi connectivity index (χ0n) is 47.3. The molecule has 0 aromatic heterocycles. The number of carbonyl (C=O) groups is 4. The fourth-order valence-corrected chi connectivity index (χ4v) is 10.0. The summed E-state index contributed by atoms with van der Waals surface area (Å²) in [6.07, 6.45) is -17.3. The van der Waals surface area contributed by atoms with Crippen LogP contribution in [0.25, 0.3) is 0 Å². The van der Waals surface area contributed by atoms with E-state index in [4.69, 9.17) is 71.1 Å². The summed E-state index contributed by atoms with van der Waals surface area (Å²) in [7, 11) is 0. The Labute approximate surface area is 484 Å². The van der Waals surface area contributed by atoms with Crippen LogP contribution in [0.1, 0.15) is 62.4 Å². The Balaban J connectivity index is 1.27. The summed E-state index contributed by atoms with van der Waals surface area (Å²) in [4.78, 5) is 51.5. The van der Waals surface area contributed by atoms with Crippen molar-refractivity contribution in [2.75, 3.05) is 19.8 Å². The molecule has 3 fully saturated rings. The van der Waals surface area contributed by atoms with E-state index < -0.39 is 123 Å². The highest BCUT2D eigenvalue weighted by atomic mass is 16.8. The molecule has 3 aliphatic heterocycles.